The van der Waals surface area contributed by atoms with Crippen molar-refractivity contribution in [1.29, 1.82) is 0 Å². The van der Waals surface area contributed by atoms with Gasteiger partial charge in [-0.2, -0.15) is 0 Å². The van der Waals surface area contributed by atoms with Crippen molar-refractivity contribution in [2.45, 2.75) is 49.5 Å². The molecule has 1 N–H and O–H groups in total. The molecule has 6 heteroatoms. The van der Waals surface area contributed by atoms with Gasteiger partial charge in [0.25, 0.3) is 0 Å². The lowest BCUT2D eigenvalue weighted by Crippen LogP contribution is -2.32. The molecular weight excluding hydrogens is 302 g/mol. The van der Waals surface area contributed by atoms with E-state index in [0.717, 1.165) is 44.1 Å². The second kappa shape index (κ2) is 6.56. The van der Waals surface area contributed by atoms with Crippen LogP contribution in [0.3, 0.4) is 0 Å². The lowest BCUT2D eigenvalue weighted by molar-refractivity contribution is 0.114. The highest BCUT2D eigenvalue weighted by atomic mass is 32.2. The van der Waals surface area contributed by atoms with Gasteiger partial charge in [0.1, 0.15) is 10.6 Å². The van der Waals surface area contributed by atoms with Gasteiger partial charge in [-0.15, -0.1) is 0 Å². The van der Waals surface area contributed by atoms with Crippen LogP contribution in [0.15, 0.2) is 17.0 Å². The quantitative estimate of drug-likeness (QED) is 0.900. The minimum atomic E-state index is -3.58. The summed E-state index contributed by atoms with van der Waals surface area (Å²) < 4.78 is 38.7. The fourth-order valence-corrected chi connectivity index (χ4v) is 4.46. The van der Waals surface area contributed by atoms with Gasteiger partial charge < -0.3 is 9.47 Å². The Morgan fingerprint density at radius 2 is 1.95 bits per heavy atom. The molecule has 1 saturated heterocycles. The molecule has 1 unspecified atom stereocenters. The van der Waals surface area contributed by atoms with Crippen LogP contribution in [0.4, 0.5) is 0 Å². The van der Waals surface area contributed by atoms with E-state index in [-0.39, 0.29) is 11.0 Å². The predicted octanol–water partition coefficient (Wildman–Crippen LogP) is 2.03. The minimum absolute atomic E-state index is 0.0154. The summed E-state index contributed by atoms with van der Waals surface area (Å²) in [6.07, 6.45) is 6.08. The third-order valence-corrected chi connectivity index (χ3v) is 5.89. The molecule has 3 rings (SSSR count). The fraction of sp³-hybridized carbons (Fsp3) is 0.625. The normalized spacial score (nSPS) is 21.6. The molecule has 1 aromatic rings. The summed E-state index contributed by atoms with van der Waals surface area (Å²) in [4.78, 5) is 0.244. The summed E-state index contributed by atoms with van der Waals surface area (Å²) in [5, 5.41) is 0. The summed E-state index contributed by atoms with van der Waals surface area (Å²) in [6, 6.07) is 3.67. The topological polar surface area (TPSA) is 64.6 Å². The Labute approximate surface area is 132 Å². The summed E-state index contributed by atoms with van der Waals surface area (Å²) in [6.45, 7) is 1.04. The highest BCUT2D eigenvalue weighted by Gasteiger charge is 2.25. The fourth-order valence-electron chi connectivity index (χ4n) is 3.20. The number of hydrogen-bond donors (Lipinski definition) is 1. The first-order chi connectivity index (χ1) is 10.6. The maximum absolute atomic E-state index is 12.6. The van der Waals surface area contributed by atoms with Crippen LogP contribution >= 0.6 is 0 Å². The van der Waals surface area contributed by atoms with Crippen LogP contribution < -0.4 is 9.46 Å². The molecule has 1 atom stereocenters. The maximum atomic E-state index is 12.6. The van der Waals surface area contributed by atoms with E-state index >= 15 is 0 Å². The molecule has 0 saturated carbocycles. The Bertz CT molecular complexity index is 636. The number of fused-ring (bicyclic) bond motifs is 1. The highest BCUT2D eigenvalue weighted by molar-refractivity contribution is 7.89. The molecule has 1 fully saturated rings. The van der Waals surface area contributed by atoms with E-state index in [1.807, 2.05) is 6.07 Å². The van der Waals surface area contributed by atoms with E-state index in [1.165, 1.54) is 12.7 Å². The Kier molecular flexibility index (Phi) is 4.70. The standard InChI is InChI=1S/C16H23NO4S/c1-20-15-9-12-5-2-3-6-13(12)10-16(15)22(18,19)17-11-14-7-4-8-21-14/h9-10,14,17H,2-8,11H2,1H3. The van der Waals surface area contributed by atoms with Gasteiger partial charge in [-0.25, -0.2) is 13.1 Å². The Morgan fingerprint density at radius 1 is 1.23 bits per heavy atom. The van der Waals surface area contributed by atoms with Crippen molar-refractivity contribution >= 4 is 10.0 Å². The number of aryl methyl sites for hydroxylation is 2. The number of benzene rings is 1. The van der Waals surface area contributed by atoms with Crippen molar-refractivity contribution in [3.05, 3.63) is 23.3 Å². The minimum Gasteiger partial charge on any atom is -0.495 e. The van der Waals surface area contributed by atoms with Gasteiger partial charge in [-0.1, -0.05) is 0 Å². The second-order valence-electron chi connectivity index (χ2n) is 5.97. The van der Waals surface area contributed by atoms with Crippen LogP contribution in [-0.2, 0) is 27.6 Å². The molecule has 0 aromatic heterocycles. The van der Waals surface area contributed by atoms with Gasteiger partial charge in [0.2, 0.25) is 10.0 Å². The number of sulfonamides is 1. The molecule has 1 heterocycles. The van der Waals surface area contributed by atoms with Crippen LogP contribution in [-0.4, -0.2) is 34.8 Å². The molecule has 122 valence electrons. The summed E-state index contributed by atoms with van der Waals surface area (Å²) in [5.74, 6) is 0.431. The lowest BCUT2D eigenvalue weighted by Gasteiger charge is -2.20. The molecule has 2 aliphatic rings. The second-order valence-corrected chi connectivity index (χ2v) is 7.70. The van der Waals surface area contributed by atoms with Crippen LogP contribution in [0.1, 0.15) is 36.8 Å². The lowest BCUT2D eigenvalue weighted by atomic mass is 9.92. The number of hydrogen-bond acceptors (Lipinski definition) is 4. The monoisotopic (exact) mass is 325 g/mol. The zero-order valence-corrected chi connectivity index (χ0v) is 13.7. The average molecular weight is 325 g/mol. The average Bonchev–Trinajstić information content (AvgIpc) is 3.05. The van der Waals surface area contributed by atoms with Crippen molar-refractivity contribution in [3.63, 3.8) is 0 Å². The summed E-state index contributed by atoms with van der Waals surface area (Å²) in [5.41, 5.74) is 2.34. The molecule has 5 nitrogen and oxygen atoms in total. The number of nitrogens with one attached hydrogen (secondary N) is 1. The maximum Gasteiger partial charge on any atom is 0.244 e. The molecule has 22 heavy (non-hydrogen) atoms. The van der Waals surface area contributed by atoms with Crippen molar-refractivity contribution in [3.8, 4) is 5.75 Å². The van der Waals surface area contributed by atoms with Crippen LogP contribution in [0.25, 0.3) is 0 Å². The smallest absolute Gasteiger partial charge is 0.244 e. The molecule has 0 bridgehead atoms. The Morgan fingerprint density at radius 3 is 2.59 bits per heavy atom. The SMILES string of the molecule is COc1cc2c(cc1S(=O)(=O)NCC1CCCO1)CCCC2. The first kappa shape index (κ1) is 15.8. The molecule has 0 amide bonds. The van der Waals surface area contributed by atoms with Gasteiger partial charge in [-0.05, 0) is 61.8 Å². The van der Waals surface area contributed by atoms with Gasteiger partial charge in [0.15, 0.2) is 0 Å². The van der Waals surface area contributed by atoms with Gasteiger partial charge in [0, 0.05) is 13.2 Å². The van der Waals surface area contributed by atoms with Crippen molar-refractivity contribution < 1.29 is 17.9 Å². The van der Waals surface area contributed by atoms with E-state index in [9.17, 15) is 8.42 Å². The number of ether oxygens (including phenoxy) is 2. The molecule has 1 aromatic carbocycles. The first-order valence-corrected chi connectivity index (χ1v) is 9.39. The summed E-state index contributed by atoms with van der Waals surface area (Å²) in [7, 11) is -2.06. The largest absolute Gasteiger partial charge is 0.495 e. The molecular formula is C16H23NO4S. The van der Waals surface area contributed by atoms with Crippen LogP contribution in [0.2, 0.25) is 0 Å². The van der Waals surface area contributed by atoms with Gasteiger partial charge in [-0.3, -0.25) is 0 Å². The van der Waals surface area contributed by atoms with Crippen molar-refractivity contribution in [2.24, 2.45) is 0 Å². The molecule has 0 spiro atoms. The highest BCUT2D eigenvalue weighted by Crippen LogP contribution is 2.31. The zero-order valence-electron chi connectivity index (χ0n) is 12.9. The summed E-state index contributed by atoms with van der Waals surface area (Å²) >= 11 is 0. The Hall–Kier alpha value is -1.11. The van der Waals surface area contributed by atoms with E-state index in [1.54, 1.807) is 6.07 Å². The van der Waals surface area contributed by atoms with Gasteiger partial charge in [0.05, 0.1) is 13.2 Å². The predicted molar refractivity (Wildman–Crippen MR) is 83.8 cm³/mol. The molecule has 1 aliphatic heterocycles. The third kappa shape index (κ3) is 3.29. The van der Waals surface area contributed by atoms with Crippen molar-refractivity contribution in [2.75, 3.05) is 20.3 Å². The molecule has 1 aliphatic carbocycles. The number of rotatable bonds is 5. The number of methoxy groups -OCH3 is 1. The van der Waals surface area contributed by atoms with E-state index in [4.69, 9.17) is 9.47 Å². The third-order valence-electron chi connectivity index (χ3n) is 4.44. The molecule has 0 radical (unpaired) electrons. The van der Waals surface area contributed by atoms with E-state index in [0.29, 0.717) is 18.9 Å². The zero-order chi connectivity index (χ0) is 15.6. The van der Waals surface area contributed by atoms with E-state index < -0.39 is 10.0 Å². The Balaban J connectivity index is 1.84. The van der Waals surface area contributed by atoms with Gasteiger partial charge >= 0.3 is 0 Å². The first-order valence-electron chi connectivity index (χ1n) is 7.91. The van der Waals surface area contributed by atoms with Crippen LogP contribution in [0.5, 0.6) is 5.75 Å². The van der Waals surface area contributed by atoms with Crippen LogP contribution in [0, 0.1) is 0 Å². The van der Waals surface area contributed by atoms with E-state index in [2.05, 4.69) is 4.72 Å². The van der Waals surface area contributed by atoms with Crippen molar-refractivity contribution in [1.82, 2.24) is 4.72 Å².